The van der Waals surface area contributed by atoms with Crippen LogP contribution < -0.4 is 5.73 Å². The summed E-state index contributed by atoms with van der Waals surface area (Å²) < 4.78 is 6.97. The fourth-order valence-electron chi connectivity index (χ4n) is 2.22. The molecule has 2 heterocycles. The number of amides is 1. The van der Waals surface area contributed by atoms with E-state index in [-0.39, 0.29) is 18.2 Å². The molecule has 0 aliphatic carbocycles. The molecule has 1 aliphatic rings. The lowest BCUT2D eigenvalue weighted by Gasteiger charge is -2.29. The SMILES string of the molecule is C=C([C@@H]1C[C@@H](N)CN1C(=O)OC(C)(C)C)n1ccnn1. The van der Waals surface area contributed by atoms with E-state index in [4.69, 9.17) is 10.5 Å². The van der Waals surface area contributed by atoms with E-state index in [1.54, 1.807) is 22.0 Å². The summed E-state index contributed by atoms with van der Waals surface area (Å²) in [4.78, 5) is 13.9. The minimum atomic E-state index is -0.539. The fourth-order valence-corrected chi connectivity index (χ4v) is 2.22. The lowest BCUT2D eigenvalue weighted by molar-refractivity contribution is 0.0256. The van der Waals surface area contributed by atoms with Crippen molar-refractivity contribution in [3.63, 3.8) is 0 Å². The van der Waals surface area contributed by atoms with Crippen LogP contribution in [0.2, 0.25) is 0 Å². The van der Waals surface area contributed by atoms with Crippen LogP contribution in [-0.2, 0) is 4.74 Å². The number of likely N-dealkylation sites (tertiary alicyclic amines) is 1. The molecule has 110 valence electrons. The molecular formula is C13H21N5O2. The van der Waals surface area contributed by atoms with E-state index in [0.717, 1.165) is 0 Å². The molecule has 7 nitrogen and oxygen atoms in total. The Morgan fingerprint density at radius 2 is 2.20 bits per heavy atom. The number of ether oxygens (including phenoxy) is 1. The number of aromatic nitrogens is 3. The van der Waals surface area contributed by atoms with Gasteiger partial charge in [-0.05, 0) is 27.2 Å². The number of nitrogens with zero attached hydrogens (tertiary/aromatic N) is 4. The number of hydrogen-bond donors (Lipinski definition) is 1. The van der Waals surface area contributed by atoms with E-state index in [2.05, 4.69) is 16.9 Å². The highest BCUT2D eigenvalue weighted by Crippen LogP contribution is 2.26. The third kappa shape index (κ3) is 3.16. The first-order valence-corrected chi connectivity index (χ1v) is 6.58. The molecule has 0 unspecified atom stereocenters. The first-order valence-electron chi connectivity index (χ1n) is 6.58. The summed E-state index contributed by atoms with van der Waals surface area (Å²) in [5.74, 6) is 0. The standard InChI is InChI=1S/C13H21N5O2/c1-9(18-6-5-15-16-18)11-7-10(14)8-17(11)12(19)20-13(2,3)4/h5-6,10-11H,1,7-8,14H2,2-4H3/t10-,11+/m1/s1. The van der Waals surface area contributed by atoms with Gasteiger partial charge in [-0.15, -0.1) is 5.10 Å². The van der Waals surface area contributed by atoms with Crippen molar-refractivity contribution in [2.24, 2.45) is 5.73 Å². The van der Waals surface area contributed by atoms with Gasteiger partial charge in [0, 0.05) is 12.6 Å². The Balaban J connectivity index is 2.14. The van der Waals surface area contributed by atoms with Gasteiger partial charge in [-0.2, -0.15) is 0 Å². The highest BCUT2D eigenvalue weighted by Gasteiger charge is 2.38. The molecule has 2 atom stereocenters. The molecule has 1 aromatic heterocycles. The second-order valence-electron chi connectivity index (χ2n) is 5.98. The Labute approximate surface area is 118 Å². The van der Waals surface area contributed by atoms with Gasteiger partial charge in [0.15, 0.2) is 0 Å². The summed E-state index contributed by atoms with van der Waals surface area (Å²) in [6.45, 7) is 9.96. The van der Waals surface area contributed by atoms with Crippen molar-refractivity contribution in [2.75, 3.05) is 6.54 Å². The molecule has 0 saturated carbocycles. The van der Waals surface area contributed by atoms with Crippen LogP contribution in [0.15, 0.2) is 19.0 Å². The number of carbonyl (C=O) groups is 1. The van der Waals surface area contributed by atoms with Gasteiger partial charge in [-0.1, -0.05) is 11.8 Å². The van der Waals surface area contributed by atoms with Crippen molar-refractivity contribution in [3.05, 3.63) is 19.0 Å². The van der Waals surface area contributed by atoms with Crippen molar-refractivity contribution in [1.29, 1.82) is 0 Å². The second-order valence-corrected chi connectivity index (χ2v) is 5.98. The van der Waals surface area contributed by atoms with E-state index in [0.29, 0.717) is 18.7 Å². The Kier molecular flexibility index (Phi) is 3.80. The van der Waals surface area contributed by atoms with Crippen LogP contribution in [-0.4, -0.2) is 50.2 Å². The van der Waals surface area contributed by atoms with Crippen LogP contribution in [0.3, 0.4) is 0 Å². The van der Waals surface area contributed by atoms with Crippen molar-refractivity contribution in [2.45, 2.75) is 44.9 Å². The molecule has 2 rings (SSSR count). The summed E-state index contributed by atoms with van der Waals surface area (Å²) in [5.41, 5.74) is 6.10. The predicted octanol–water partition coefficient (Wildman–Crippen LogP) is 1.09. The van der Waals surface area contributed by atoms with Gasteiger partial charge in [-0.25, -0.2) is 9.48 Å². The zero-order chi connectivity index (χ0) is 14.9. The largest absolute Gasteiger partial charge is 0.444 e. The summed E-state index contributed by atoms with van der Waals surface area (Å²) in [7, 11) is 0. The maximum absolute atomic E-state index is 12.3. The van der Waals surface area contributed by atoms with Crippen molar-refractivity contribution in [3.8, 4) is 0 Å². The monoisotopic (exact) mass is 279 g/mol. The van der Waals surface area contributed by atoms with E-state index >= 15 is 0 Å². The van der Waals surface area contributed by atoms with Crippen molar-refractivity contribution < 1.29 is 9.53 Å². The van der Waals surface area contributed by atoms with Crippen LogP contribution in [0, 0.1) is 0 Å². The smallest absolute Gasteiger partial charge is 0.410 e. The molecule has 7 heteroatoms. The molecule has 0 spiro atoms. The Morgan fingerprint density at radius 1 is 1.50 bits per heavy atom. The normalized spacial score (nSPS) is 22.9. The van der Waals surface area contributed by atoms with Gasteiger partial charge in [0.25, 0.3) is 0 Å². The van der Waals surface area contributed by atoms with Crippen LogP contribution in [0.4, 0.5) is 4.79 Å². The molecule has 1 fully saturated rings. The van der Waals surface area contributed by atoms with E-state index in [1.807, 2.05) is 20.8 Å². The summed E-state index contributed by atoms with van der Waals surface area (Å²) in [5, 5.41) is 7.65. The molecule has 2 N–H and O–H groups in total. The molecule has 0 radical (unpaired) electrons. The zero-order valence-corrected chi connectivity index (χ0v) is 12.1. The molecule has 0 aromatic carbocycles. The van der Waals surface area contributed by atoms with Crippen LogP contribution in [0.25, 0.3) is 5.70 Å². The van der Waals surface area contributed by atoms with Gasteiger partial charge in [0.1, 0.15) is 5.60 Å². The summed E-state index contributed by atoms with van der Waals surface area (Å²) in [6.07, 6.45) is 3.52. The molecule has 1 aromatic rings. The van der Waals surface area contributed by atoms with Crippen LogP contribution in [0.5, 0.6) is 0 Å². The number of carbonyl (C=O) groups excluding carboxylic acids is 1. The molecule has 20 heavy (non-hydrogen) atoms. The van der Waals surface area contributed by atoms with Crippen LogP contribution >= 0.6 is 0 Å². The second kappa shape index (κ2) is 5.24. The maximum Gasteiger partial charge on any atom is 0.410 e. The van der Waals surface area contributed by atoms with E-state index < -0.39 is 5.60 Å². The fraction of sp³-hybridized carbons (Fsp3) is 0.615. The Bertz CT molecular complexity index is 491. The van der Waals surface area contributed by atoms with Gasteiger partial charge >= 0.3 is 6.09 Å². The first-order chi connectivity index (χ1) is 9.28. The van der Waals surface area contributed by atoms with Gasteiger partial charge in [0.2, 0.25) is 0 Å². The van der Waals surface area contributed by atoms with Crippen LogP contribution in [0.1, 0.15) is 27.2 Å². The van der Waals surface area contributed by atoms with E-state index in [1.165, 1.54) is 0 Å². The molecule has 1 saturated heterocycles. The topological polar surface area (TPSA) is 86.3 Å². The van der Waals surface area contributed by atoms with Crippen molar-refractivity contribution >= 4 is 11.8 Å². The third-order valence-corrected chi connectivity index (χ3v) is 3.06. The lowest BCUT2D eigenvalue weighted by atomic mass is 10.1. The molecule has 1 amide bonds. The molecule has 0 bridgehead atoms. The minimum Gasteiger partial charge on any atom is -0.444 e. The summed E-state index contributed by atoms with van der Waals surface area (Å²) in [6, 6.07) is -0.311. The maximum atomic E-state index is 12.3. The minimum absolute atomic E-state index is 0.0900. The third-order valence-electron chi connectivity index (χ3n) is 3.06. The average Bonchev–Trinajstić information content (AvgIpc) is 2.94. The highest BCUT2D eigenvalue weighted by molar-refractivity contribution is 5.72. The molecule has 1 aliphatic heterocycles. The number of rotatable bonds is 2. The zero-order valence-electron chi connectivity index (χ0n) is 12.1. The lowest BCUT2D eigenvalue weighted by Crippen LogP contribution is -2.41. The van der Waals surface area contributed by atoms with Gasteiger partial charge in [-0.3, -0.25) is 4.90 Å². The average molecular weight is 279 g/mol. The highest BCUT2D eigenvalue weighted by atomic mass is 16.6. The van der Waals surface area contributed by atoms with E-state index in [9.17, 15) is 4.79 Å². The quantitative estimate of drug-likeness (QED) is 0.875. The van der Waals surface area contributed by atoms with Gasteiger partial charge in [0.05, 0.1) is 24.1 Å². The first kappa shape index (κ1) is 14.5. The predicted molar refractivity (Wildman–Crippen MR) is 74.7 cm³/mol. The van der Waals surface area contributed by atoms with Gasteiger partial charge < -0.3 is 10.5 Å². The Hall–Kier alpha value is -1.89. The number of nitrogens with two attached hydrogens (primary N) is 1. The van der Waals surface area contributed by atoms with Crippen molar-refractivity contribution in [1.82, 2.24) is 19.9 Å². The summed E-state index contributed by atoms with van der Waals surface area (Å²) >= 11 is 0. The Morgan fingerprint density at radius 3 is 2.75 bits per heavy atom. The molecular weight excluding hydrogens is 258 g/mol. The number of hydrogen-bond acceptors (Lipinski definition) is 5.